The second-order valence-corrected chi connectivity index (χ2v) is 7.45. The molecule has 1 amide bonds. The number of hydrogen-bond acceptors (Lipinski definition) is 3. The Labute approximate surface area is 153 Å². The van der Waals surface area contributed by atoms with Gasteiger partial charge in [0.2, 0.25) is 5.91 Å². The van der Waals surface area contributed by atoms with Crippen molar-refractivity contribution >= 4 is 5.91 Å². The molecule has 1 aliphatic carbocycles. The van der Waals surface area contributed by atoms with Crippen LogP contribution in [0.15, 0.2) is 42.7 Å². The molecule has 2 fully saturated rings. The van der Waals surface area contributed by atoms with Gasteiger partial charge in [-0.25, -0.2) is 4.39 Å². The van der Waals surface area contributed by atoms with Crippen molar-refractivity contribution in [1.82, 2.24) is 15.2 Å². The van der Waals surface area contributed by atoms with E-state index in [1.807, 2.05) is 25.3 Å². The van der Waals surface area contributed by atoms with E-state index >= 15 is 0 Å². The lowest BCUT2D eigenvalue weighted by molar-refractivity contribution is -0.129. The van der Waals surface area contributed by atoms with Crippen LogP contribution in [-0.2, 0) is 11.3 Å². The average Bonchev–Trinajstić information content (AvgIpc) is 3.42. The number of nitrogens with zero attached hydrogens (tertiary/aromatic N) is 2. The van der Waals surface area contributed by atoms with Gasteiger partial charge in [-0.1, -0.05) is 23.8 Å². The maximum atomic E-state index is 13.9. The van der Waals surface area contributed by atoms with Crippen LogP contribution in [-0.4, -0.2) is 28.4 Å². The topological polar surface area (TPSA) is 45.2 Å². The number of pyridine rings is 1. The number of hydrogen-bond donors (Lipinski definition) is 1. The largest absolute Gasteiger partial charge is 0.332 e. The molecule has 2 aromatic rings. The summed E-state index contributed by atoms with van der Waals surface area (Å²) in [6.07, 6.45) is 6.36. The molecule has 2 heterocycles. The van der Waals surface area contributed by atoms with E-state index in [-0.39, 0.29) is 23.7 Å². The predicted octanol–water partition coefficient (Wildman–Crippen LogP) is 3.37. The van der Waals surface area contributed by atoms with Crippen molar-refractivity contribution in [3.63, 3.8) is 0 Å². The van der Waals surface area contributed by atoms with Gasteiger partial charge < -0.3 is 10.2 Å². The third kappa shape index (κ3) is 3.49. The molecule has 1 aliphatic heterocycles. The number of likely N-dealkylation sites (tertiary alicyclic amines) is 1. The molecule has 1 aromatic heterocycles. The van der Waals surface area contributed by atoms with E-state index in [2.05, 4.69) is 21.3 Å². The second-order valence-electron chi connectivity index (χ2n) is 7.45. The Balaban J connectivity index is 1.47. The number of nitrogens with one attached hydrogen (secondary N) is 1. The summed E-state index contributed by atoms with van der Waals surface area (Å²) in [5.74, 6) is 0.226. The minimum Gasteiger partial charge on any atom is -0.332 e. The standard InChI is InChI=1S/C21H24FN3O/c1-14-4-7-19(22)16(9-14)12-24-13-17-10-20(26)25(18-5-6-18)21(17)15-3-2-8-23-11-15/h2-4,7-9,11,17-18,21,24H,5-6,10,12-13H2,1H3/t17-,21-/m0/s1. The van der Waals surface area contributed by atoms with Crippen LogP contribution in [0, 0.1) is 18.7 Å². The van der Waals surface area contributed by atoms with Crippen LogP contribution in [0.1, 0.15) is 42.0 Å². The van der Waals surface area contributed by atoms with Gasteiger partial charge in [-0.15, -0.1) is 0 Å². The molecule has 1 aromatic carbocycles. The Kier molecular flexibility index (Phi) is 4.72. The normalized spacial score (nSPS) is 22.8. The van der Waals surface area contributed by atoms with Gasteiger partial charge in [0.1, 0.15) is 5.82 Å². The van der Waals surface area contributed by atoms with E-state index in [1.54, 1.807) is 12.3 Å². The van der Waals surface area contributed by atoms with Crippen molar-refractivity contribution in [3.8, 4) is 0 Å². The minimum absolute atomic E-state index is 0.0681. The first-order valence-corrected chi connectivity index (χ1v) is 9.30. The maximum absolute atomic E-state index is 13.9. The lowest BCUT2D eigenvalue weighted by Crippen LogP contribution is -2.33. The van der Waals surface area contributed by atoms with E-state index in [0.29, 0.717) is 31.1 Å². The Morgan fingerprint density at radius 1 is 1.31 bits per heavy atom. The van der Waals surface area contributed by atoms with Gasteiger partial charge >= 0.3 is 0 Å². The van der Waals surface area contributed by atoms with Crippen LogP contribution >= 0.6 is 0 Å². The van der Waals surface area contributed by atoms with Gasteiger partial charge in [-0.05, 0) is 37.5 Å². The lowest BCUT2D eigenvalue weighted by Gasteiger charge is -2.28. The molecule has 0 bridgehead atoms. The molecule has 2 aliphatic rings. The number of halogens is 1. The summed E-state index contributed by atoms with van der Waals surface area (Å²) >= 11 is 0. The Morgan fingerprint density at radius 3 is 2.88 bits per heavy atom. The number of carbonyl (C=O) groups excluding carboxylic acids is 1. The molecule has 5 heteroatoms. The monoisotopic (exact) mass is 353 g/mol. The predicted molar refractivity (Wildman–Crippen MR) is 97.8 cm³/mol. The van der Waals surface area contributed by atoms with Crippen LogP contribution in [0.25, 0.3) is 0 Å². The first-order valence-electron chi connectivity index (χ1n) is 9.30. The second kappa shape index (κ2) is 7.16. The molecular weight excluding hydrogens is 329 g/mol. The summed E-state index contributed by atoms with van der Waals surface area (Å²) < 4.78 is 13.9. The zero-order valence-corrected chi connectivity index (χ0v) is 15.0. The van der Waals surface area contributed by atoms with Crippen molar-refractivity contribution in [3.05, 3.63) is 65.2 Å². The number of amides is 1. The van der Waals surface area contributed by atoms with Crippen LogP contribution in [0.4, 0.5) is 4.39 Å². The van der Waals surface area contributed by atoms with Gasteiger partial charge in [0.05, 0.1) is 6.04 Å². The number of benzene rings is 1. The van der Waals surface area contributed by atoms with E-state index in [4.69, 9.17) is 0 Å². The van der Waals surface area contributed by atoms with E-state index in [1.165, 1.54) is 6.07 Å². The Morgan fingerprint density at radius 2 is 2.15 bits per heavy atom. The molecule has 4 nitrogen and oxygen atoms in total. The van der Waals surface area contributed by atoms with Crippen molar-refractivity contribution in [2.24, 2.45) is 5.92 Å². The first kappa shape index (κ1) is 17.2. The van der Waals surface area contributed by atoms with Crippen LogP contribution in [0.5, 0.6) is 0 Å². The van der Waals surface area contributed by atoms with Gasteiger partial charge in [0.25, 0.3) is 0 Å². The van der Waals surface area contributed by atoms with Crippen molar-refractivity contribution in [2.45, 2.75) is 44.8 Å². The molecule has 1 saturated heterocycles. The Hall–Kier alpha value is -2.27. The molecule has 0 radical (unpaired) electrons. The van der Waals surface area contributed by atoms with Gasteiger partial charge in [0, 0.05) is 49.4 Å². The molecule has 1 saturated carbocycles. The van der Waals surface area contributed by atoms with E-state index in [9.17, 15) is 9.18 Å². The first-order chi connectivity index (χ1) is 12.6. The fourth-order valence-electron chi connectivity index (χ4n) is 4.01. The van der Waals surface area contributed by atoms with Crippen molar-refractivity contribution < 1.29 is 9.18 Å². The molecule has 4 rings (SSSR count). The number of carbonyl (C=O) groups is 1. The highest BCUT2D eigenvalue weighted by atomic mass is 19.1. The van der Waals surface area contributed by atoms with E-state index < -0.39 is 0 Å². The number of aryl methyl sites for hydroxylation is 1. The maximum Gasteiger partial charge on any atom is 0.223 e. The highest BCUT2D eigenvalue weighted by molar-refractivity contribution is 5.80. The SMILES string of the molecule is Cc1ccc(F)c(CNC[C@@H]2CC(=O)N(C3CC3)[C@H]2c2cccnc2)c1. The minimum atomic E-state index is -0.186. The summed E-state index contributed by atoms with van der Waals surface area (Å²) in [5.41, 5.74) is 2.82. The van der Waals surface area contributed by atoms with E-state index in [0.717, 1.165) is 24.0 Å². The summed E-state index contributed by atoms with van der Waals surface area (Å²) in [4.78, 5) is 18.9. The number of aromatic nitrogens is 1. The summed E-state index contributed by atoms with van der Waals surface area (Å²) in [7, 11) is 0. The van der Waals surface area contributed by atoms with Crippen LogP contribution in [0.2, 0.25) is 0 Å². The van der Waals surface area contributed by atoms with Gasteiger partial charge in [-0.2, -0.15) is 0 Å². The highest BCUT2D eigenvalue weighted by Crippen LogP contribution is 2.44. The van der Waals surface area contributed by atoms with Crippen LogP contribution in [0.3, 0.4) is 0 Å². The quantitative estimate of drug-likeness (QED) is 0.866. The summed E-state index contributed by atoms with van der Waals surface area (Å²) in [5, 5.41) is 3.37. The zero-order chi connectivity index (χ0) is 18.1. The Bertz CT molecular complexity index is 791. The molecule has 136 valence electrons. The zero-order valence-electron chi connectivity index (χ0n) is 15.0. The third-order valence-electron chi connectivity index (χ3n) is 5.36. The average molecular weight is 353 g/mol. The van der Waals surface area contributed by atoms with Crippen molar-refractivity contribution in [2.75, 3.05) is 6.54 Å². The molecule has 2 atom stereocenters. The lowest BCUT2D eigenvalue weighted by atomic mass is 9.94. The molecule has 26 heavy (non-hydrogen) atoms. The third-order valence-corrected chi connectivity index (χ3v) is 5.36. The van der Waals surface area contributed by atoms with Gasteiger partial charge in [-0.3, -0.25) is 9.78 Å². The highest BCUT2D eigenvalue weighted by Gasteiger charge is 2.46. The summed E-state index contributed by atoms with van der Waals surface area (Å²) in [6.45, 7) is 3.12. The molecule has 0 unspecified atom stereocenters. The fraction of sp³-hybridized carbons (Fsp3) is 0.429. The summed E-state index contributed by atoms with van der Waals surface area (Å²) in [6, 6.07) is 9.59. The fourth-order valence-corrected chi connectivity index (χ4v) is 4.01. The molecular formula is C21H24FN3O. The van der Waals surface area contributed by atoms with Crippen LogP contribution < -0.4 is 5.32 Å². The van der Waals surface area contributed by atoms with Gasteiger partial charge in [0.15, 0.2) is 0 Å². The molecule has 0 spiro atoms. The van der Waals surface area contributed by atoms with Crippen molar-refractivity contribution in [1.29, 1.82) is 0 Å². The smallest absolute Gasteiger partial charge is 0.223 e. The number of rotatable bonds is 6. The molecule has 1 N–H and O–H groups in total.